The number of hydrogen-bond acceptors (Lipinski definition) is 2. The molecule has 27 heavy (non-hydrogen) atoms. The molecule has 2 aromatic carbocycles. The fourth-order valence-electron chi connectivity index (χ4n) is 2.68. The van der Waals surface area contributed by atoms with Gasteiger partial charge in [0.05, 0.1) is 5.56 Å². The van der Waals surface area contributed by atoms with Gasteiger partial charge in [0.1, 0.15) is 5.41 Å². The second-order valence-corrected chi connectivity index (χ2v) is 6.96. The average molecular weight is 397 g/mol. The van der Waals surface area contributed by atoms with Crippen molar-refractivity contribution in [3.63, 3.8) is 0 Å². The summed E-state index contributed by atoms with van der Waals surface area (Å²) in [5.74, 6) is -1.13. The molecule has 8 heteroatoms. The Hall–Kier alpha value is -2.54. The molecule has 1 saturated carbocycles. The van der Waals surface area contributed by atoms with Crippen LogP contribution in [0.1, 0.15) is 24.0 Å². The predicted octanol–water partition coefficient (Wildman–Crippen LogP) is 5.02. The molecule has 2 aromatic rings. The monoisotopic (exact) mass is 396 g/mol. The summed E-state index contributed by atoms with van der Waals surface area (Å²) in [6.07, 6.45) is -3.87. The van der Waals surface area contributed by atoms with Gasteiger partial charge in [-0.15, -0.1) is 0 Å². The van der Waals surface area contributed by atoms with Gasteiger partial charge in [-0.25, -0.2) is 0 Å². The molecule has 0 spiro atoms. The molecule has 0 aliphatic heterocycles. The maximum absolute atomic E-state index is 12.8. The van der Waals surface area contributed by atoms with Gasteiger partial charge in [-0.2, -0.15) is 13.2 Å². The number of halogens is 4. The summed E-state index contributed by atoms with van der Waals surface area (Å²) >= 11 is 5.93. The maximum atomic E-state index is 12.8. The molecular weight excluding hydrogens is 381 g/mol. The Morgan fingerprint density at radius 2 is 1.70 bits per heavy atom. The van der Waals surface area contributed by atoms with E-state index in [-0.39, 0.29) is 5.69 Å². The lowest BCUT2D eigenvalue weighted by Gasteiger charge is -2.17. The van der Waals surface area contributed by atoms with E-state index in [0.717, 1.165) is 17.7 Å². The van der Waals surface area contributed by atoms with Gasteiger partial charge in [0.15, 0.2) is 0 Å². The largest absolute Gasteiger partial charge is 0.416 e. The van der Waals surface area contributed by atoms with Crippen molar-refractivity contribution in [2.24, 2.45) is 5.41 Å². The summed E-state index contributed by atoms with van der Waals surface area (Å²) < 4.78 is 38.4. The first-order chi connectivity index (χ1) is 12.6. The van der Waals surface area contributed by atoms with Crippen molar-refractivity contribution < 1.29 is 22.8 Å². The van der Waals surface area contributed by atoms with Gasteiger partial charge < -0.3 is 10.6 Å². The minimum Gasteiger partial charge on any atom is -0.325 e. The molecule has 2 N–H and O–H groups in total. The predicted molar refractivity (Wildman–Crippen MR) is 96.6 cm³/mol. The molecule has 1 fully saturated rings. The lowest BCUT2D eigenvalue weighted by molar-refractivity contribution is -0.137. The van der Waals surface area contributed by atoms with Gasteiger partial charge in [0.2, 0.25) is 11.8 Å². The lowest BCUT2D eigenvalue weighted by atomic mass is 10.0. The van der Waals surface area contributed by atoms with Crippen molar-refractivity contribution in [2.45, 2.75) is 25.9 Å². The summed E-state index contributed by atoms with van der Waals surface area (Å²) in [4.78, 5) is 25.2. The zero-order valence-electron chi connectivity index (χ0n) is 14.3. The van der Waals surface area contributed by atoms with Crippen molar-refractivity contribution >= 4 is 34.8 Å². The minimum absolute atomic E-state index is 0.00663. The van der Waals surface area contributed by atoms with Crippen LogP contribution in [0.15, 0.2) is 42.5 Å². The Bertz CT molecular complexity index is 908. The fourth-order valence-corrected chi connectivity index (χ4v) is 2.85. The van der Waals surface area contributed by atoms with Crippen molar-refractivity contribution in [1.29, 1.82) is 0 Å². The quantitative estimate of drug-likeness (QED) is 0.712. The van der Waals surface area contributed by atoms with E-state index in [1.165, 1.54) is 12.1 Å². The SMILES string of the molecule is Cc1ccc(Cl)cc1NC(=O)C1(C(=O)Nc2cccc(C(F)(F)F)c2)CC1. The molecule has 0 radical (unpaired) electrons. The summed E-state index contributed by atoms with van der Waals surface area (Å²) in [6.45, 7) is 1.79. The van der Waals surface area contributed by atoms with E-state index in [2.05, 4.69) is 10.6 Å². The third-order valence-electron chi connectivity index (χ3n) is 4.51. The van der Waals surface area contributed by atoms with Crippen molar-refractivity contribution in [1.82, 2.24) is 0 Å². The van der Waals surface area contributed by atoms with Crippen LogP contribution in [0.3, 0.4) is 0 Å². The molecular formula is C19H16ClF3N2O2. The van der Waals surface area contributed by atoms with Crippen LogP contribution in [0.2, 0.25) is 5.02 Å². The third-order valence-corrected chi connectivity index (χ3v) is 4.75. The second-order valence-electron chi connectivity index (χ2n) is 6.53. The average Bonchev–Trinajstić information content (AvgIpc) is 3.39. The lowest BCUT2D eigenvalue weighted by Crippen LogP contribution is -2.35. The highest BCUT2D eigenvalue weighted by Gasteiger charge is 2.56. The fraction of sp³-hybridized carbons (Fsp3) is 0.263. The number of amides is 2. The number of anilines is 2. The number of rotatable bonds is 4. The standard InChI is InChI=1S/C19H16ClF3N2O2/c1-11-5-6-13(20)10-15(11)25-17(27)18(7-8-18)16(26)24-14-4-2-3-12(9-14)19(21,22)23/h2-6,9-10H,7-8H2,1H3,(H,24,26)(H,25,27). The summed E-state index contributed by atoms with van der Waals surface area (Å²) in [7, 11) is 0. The molecule has 142 valence electrons. The molecule has 1 aliphatic rings. The minimum atomic E-state index is -4.51. The summed E-state index contributed by atoms with van der Waals surface area (Å²) in [5, 5.41) is 5.55. The van der Waals surface area contributed by atoms with Gasteiger partial charge in [0.25, 0.3) is 0 Å². The van der Waals surface area contributed by atoms with Crippen molar-refractivity contribution in [3.05, 3.63) is 58.6 Å². The van der Waals surface area contributed by atoms with Gasteiger partial charge in [-0.1, -0.05) is 23.7 Å². The zero-order chi connectivity index (χ0) is 19.8. The van der Waals surface area contributed by atoms with Crippen LogP contribution in [0, 0.1) is 12.3 Å². The topological polar surface area (TPSA) is 58.2 Å². The van der Waals surface area contributed by atoms with E-state index in [1.54, 1.807) is 25.1 Å². The van der Waals surface area contributed by atoms with Gasteiger partial charge in [-0.05, 0) is 55.7 Å². The molecule has 3 rings (SSSR count). The highest BCUT2D eigenvalue weighted by molar-refractivity contribution is 6.31. The molecule has 0 unspecified atom stereocenters. The Morgan fingerprint density at radius 1 is 1.04 bits per heavy atom. The Labute approximate surface area is 158 Å². The van der Waals surface area contributed by atoms with Crippen LogP contribution in [0.5, 0.6) is 0 Å². The van der Waals surface area contributed by atoms with Crippen LogP contribution in [-0.4, -0.2) is 11.8 Å². The Kier molecular flexibility index (Phi) is 4.90. The number of carbonyl (C=O) groups is 2. The first kappa shape index (κ1) is 19.2. The summed E-state index contributed by atoms with van der Waals surface area (Å²) in [5.41, 5.74) is -0.896. The third kappa shape index (κ3) is 4.08. The Morgan fingerprint density at radius 3 is 2.33 bits per heavy atom. The first-order valence-electron chi connectivity index (χ1n) is 8.18. The Balaban J connectivity index is 1.75. The van der Waals surface area contributed by atoms with E-state index < -0.39 is 29.0 Å². The van der Waals surface area contributed by atoms with Crippen molar-refractivity contribution in [2.75, 3.05) is 10.6 Å². The van der Waals surface area contributed by atoms with Gasteiger partial charge in [0, 0.05) is 16.4 Å². The molecule has 0 aromatic heterocycles. The van der Waals surface area contributed by atoms with Crippen LogP contribution in [0.4, 0.5) is 24.5 Å². The number of hydrogen-bond donors (Lipinski definition) is 2. The van der Waals surface area contributed by atoms with Crippen LogP contribution in [-0.2, 0) is 15.8 Å². The number of benzene rings is 2. The van der Waals surface area contributed by atoms with E-state index >= 15 is 0 Å². The molecule has 0 saturated heterocycles. The van der Waals surface area contributed by atoms with E-state index in [4.69, 9.17) is 11.6 Å². The molecule has 0 atom stereocenters. The van der Waals surface area contributed by atoms with Crippen LogP contribution >= 0.6 is 11.6 Å². The normalized spacial score (nSPS) is 15.1. The van der Waals surface area contributed by atoms with Crippen LogP contribution < -0.4 is 10.6 Å². The number of alkyl halides is 3. The maximum Gasteiger partial charge on any atom is 0.416 e. The number of nitrogens with one attached hydrogen (secondary N) is 2. The zero-order valence-corrected chi connectivity index (χ0v) is 15.0. The molecule has 0 heterocycles. The van der Waals surface area contributed by atoms with Gasteiger partial charge in [-0.3, -0.25) is 9.59 Å². The molecule has 4 nitrogen and oxygen atoms in total. The molecule has 1 aliphatic carbocycles. The number of aryl methyl sites for hydroxylation is 1. The highest BCUT2D eigenvalue weighted by Crippen LogP contribution is 2.48. The first-order valence-corrected chi connectivity index (χ1v) is 8.56. The van der Waals surface area contributed by atoms with E-state index in [1.807, 2.05) is 0 Å². The van der Waals surface area contributed by atoms with Crippen LogP contribution in [0.25, 0.3) is 0 Å². The highest BCUT2D eigenvalue weighted by atomic mass is 35.5. The van der Waals surface area contributed by atoms with Gasteiger partial charge >= 0.3 is 6.18 Å². The number of carbonyl (C=O) groups excluding carboxylic acids is 2. The van der Waals surface area contributed by atoms with E-state index in [0.29, 0.717) is 23.6 Å². The van der Waals surface area contributed by atoms with Crippen molar-refractivity contribution in [3.8, 4) is 0 Å². The molecule has 2 amide bonds. The van der Waals surface area contributed by atoms with E-state index in [9.17, 15) is 22.8 Å². The molecule has 0 bridgehead atoms. The smallest absolute Gasteiger partial charge is 0.325 e. The summed E-state index contributed by atoms with van der Waals surface area (Å²) in [6, 6.07) is 9.30. The second kappa shape index (κ2) is 6.88.